The maximum Gasteiger partial charge on any atom is 0.229 e. The van der Waals surface area contributed by atoms with Crippen molar-refractivity contribution in [1.82, 2.24) is 9.97 Å². The minimum absolute atomic E-state index is 0.498. The summed E-state index contributed by atoms with van der Waals surface area (Å²) in [5.41, 5.74) is 3.81. The van der Waals surface area contributed by atoms with Gasteiger partial charge in [0, 0.05) is 23.1 Å². The molecule has 0 radical (unpaired) electrons. The third-order valence-electron chi connectivity index (χ3n) is 3.67. The van der Waals surface area contributed by atoms with Gasteiger partial charge < -0.3 is 15.4 Å². The van der Waals surface area contributed by atoms with Crippen LogP contribution in [0, 0.1) is 13.8 Å². The maximum atomic E-state index is 6.16. The largest absolute Gasteiger partial charge is 0.495 e. The van der Waals surface area contributed by atoms with Crippen molar-refractivity contribution in [1.29, 1.82) is 0 Å². The molecular weight excluding hydrogens is 336 g/mol. The number of nitrogens with one attached hydrogen (secondary N) is 2. The Morgan fingerprint density at radius 3 is 2.48 bits per heavy atom. The second-order valence-corrected chi connectivity index (χ2v) is 6.04. The Morgan fingerprint density at radius 1 is 0.960 bits per heavy atom. The van der Waals surface area contributed by atoms with E-state index in [1.165, 1.54) is 0 Å². The number of rotatable bonds is 5. The lowest BCUT2D eigenvalue weighted by Crippen LogP contribution is -2.03. The third-order valence-corrected chi connectivity index (χ3v) is 3.97. The fourth-order valence-electron chi connectivity index (χ4n) is 2.41. The predicted molar refractivity (Wildman–Crippen MR) is 103 cm³/mol. The highest BCUT2D eigenvalue weighted by molar-refractivity contribution is 6.32. The van der Waals surface area contributed by atoms with Gasteiger partial charge in [-0.05, 0) is 43.7 Å². The van der Waals surface area contributed by atoms with Crippen LogP contribution < -0.4 is 15.4 Å². The first kappa shape index (κ1) is 17.0. The zero-order chi connectivity index (χ0) is 17.8. The molecule has 25 heavy (non-hydrogen) atoms. The fraction of sp³-hybridized carbons (Fsp3) is 0.158. The monoisotopic (exact) mass is 354 g/mol. The van der Waals surface area contributed by atoms with Crippen molar-refractivity contribution in [3.05, 3.63) is 64.8 Å². The number of aryl methyl sites for hydroxylation is 2. The second-order valence-electron chi connectivity index (χ2n) is 5.63. The molecule has 0 bridgehead atoms. The molecule has 1 aromatic heterocycles. The summed E-state index contributed by atoms with van der Waals surface area (Å²) in [5, 5.41) is 7.03. The number of halogens is 1. The highest BCUT2D eigenvalue weighted by atomic mass is 35.5. The normalized spacial score (nSPS) is 10.4. The molecule has 0 aliphatic carbocycles. The number of hydrogen-bond acceptors (Lipinski definition) is 5. The van der Waals surface area contributed by atoms with Crippen LogP contribution in [0.5, 0.6) is 5.75 Å². The second kappa shape index (κ2) is 7.40. The van der Waals surface area contributed by atoms with Gasteiger partial charge in [-0.1, -0.05) is 29.8 Å². The fourth-order valence-corrected chi connectivity index (χ4v) is 2.67. The number of anilines is 4. The summed E-state index contributed by atoms with van der Waals surface area (Å²) in [6, 6.07) is 15.4. The molecule has 128 valence electrons. The van der Waals surface area contributed by atoms with Crippen LogP contribution in [0.2, 0.25) is 5.02 Å². The SMILES string of the molecule is COc1ccc(Nc2nc(C)cc(Nc3ccccc3C)n2)cc1Cl. The summed E-state index contributed by atoms with van der Waals surface area (Å²) in [6.45, 7) is 3.98. The molecule has 0 saturated heterocycles. The quantitative estimate of drug-likeness (QED) is 0.656. The zero-order valence-electron chi connectivity index (χ0n) is 14.3. The Labute approximate surface area is 152 Å². The van der Waals surface area contributed by atoms with Crippen LogP contribution in [0.3, 0.4) is 0 Å². The Morgan fingerprint density at radius 2 is 1.76 bits per heavy atom. The number of aromatic nitrogens is 2. The van der Waals surface area contributed by atoms with E-state index in [0.29, 0.717) is 16.7 Å². The standard InChI is InChI=1S/C19H19ClN4O/c1-12-6-4-5-7-16(12)23-18-10-13(2)21-19(24-18)22-14-8-9-17(25-3)15(20)11-14/h4-11H,1-3H3,(H2,21,22,23,24). The summed E-state index contributed by atoms with van der Waals surface area (Å²) in [5.74, 6) is 1.85. The number of ether oxygens (including phenoxy) is 1. The highest BCUT2D eigenvalue weighted by Gasteiger charge is 2.07. The van der Waals surface area contributed by atoms with E-state index in [2.05, 4.69) is 33.6 Å². The molecule has 2 N–H and O–H groups in total. The van der Waals surface area contributed by atoms with Crippen LogP contribution in [0.25, 0.3) is 0 Å². The van der Waals surface area contributed by atoms with E-state index in [0.717, 1.165) is 28.5 Å². The van der Waals surface area contributed by atoms with Crippen molar-refractivity contribution in [2.45, 2.75) is 13.8 Å². The van der Waals surface area contributed by atoms with Gasteiger partial charge in [0.2, 0.25) is 5.95 Å². The van der Waals surface area contributed by atoms with Gasteiger partial charge in [0.1, 0.15) is 11.6 Å². The Hall–Kier alpha value is -2.79. The number of methoxy groups -OCH3 is 1. The van der Waals surface area contributed by atoms with Gasteiger partial charge in [0.15, 0.2) is 0 Å². The molecule has 2 aromatic carbocycles. The first-order valence-electron chi connectivity index (χ1n) is 7.84. The molecular formula is C19H19ClN4O. The topological polar surface area (TPSA) is 59.1 Å². The summed E-state index contributed by atoms with van der Waals surface area (Å²) in [7, 11) is 1.58. The molecule has 3 rings (SSSR count). The predicted octanol–water partition coefficient (Wildman–Crippen LogP) is 5.24. The molecule has 6 heteroatoms. The van der Waals surface area contributed by atoms with E-state index in [1.807, 2.05) is 37.3 Å². The highest BCUT2D eigenvalue weighted by Crippen LogP contribution is 2.28. The van der Waals surface area contributed by atoms with Crippen LogP contribution in [-0.2, 0) is 0 Å². The van der Waals surface area contributed by atoms with Crippen molar-refractivity contribution < 1.29 is 4.74 Å². The summed E-state index contributed by atoms with van der Waals surface area (Å²) < 4.78 is 5.17. The third kappa shape index (κ3) is 4.19. The minimum Gasteiger partial charge on any atom is -0.495 e. The van der Waals surface area contributed by atoms with Crippen molar-refractivity contribution >= 4 is 34.7 Å². The van der Waals surface area contributed by atoms with Gasteiger partial charge >= 0.3 is 0 Å². The van der Waals surface area contributed by atoms with Crippen LogP contribution in [-0.4, -0.2) is 17.1 Å². The Balaban J connectivity index is 1.84. The number of benzene rings is 2. The van der Waals surface area contributed by atoms with Gasteiger partial charge in [-0.25, -0.2) is 4.98 Å². The molecule has 0 saturated carbocycles. The van der Waals surface area contributed by atoms with Crippen molar-refractivity contribution in [2.24, 2.45) is 0 Å². The summed E-state index contributed by atoms with van der Waals surface area (Å²) >= 11 is 6.16. The molecule has 0 spiro atoms. The lowest BCUT2D eigenvalue weighted by atomic mass is 10.2. The molecule has 0 atom stereocenters. The van der Waals surface area contributed by atoms with E-state index in [-0.39, 0.29) is 0 Å². The number of hydrogen-bond donors (Lipinski definition) is 2. The molecule has 0 aliphatic heterocycles. The van der Waals surface area contributed by atoms with Crippen LogP contribution >= 0.6 is 11.6 Å². The van der Waals surface area contributed by atoms with Gasteiger partial charge in [-0.2, -0.15) is 4.98 Å². The van der Waals surface area contributed by atoms with E-state index in [9.17, 15) is 0 Å². The Bertz CT molecular complexity index is 898. The van der Waals surface area contributed by atoms with Crippen LogP contribution in [0.1, 0.15) is 11.3 Å². The minimum atomic E-state index is 0.498. The molecule has 0 amide bonds. The van der Waals surface area contributed by atoms with E-state index in [4.69, 9.17) is 16.3 Å². The van der Waals surface area contributed by atoms with E-state index in [1.54, 1.807) is 19.2 Å². The van der Waals surface area contributed by atoms with Gasteiger partial charge in [0.25, 0.3) is 0 Å². The van der Waals surface area contributed by atoms with Crippen molar-refractivity contribution in [3.8, 4) is 5.75 Å². The molecule has 0 unspecified atom stereocenters. The van der Waals surface area contributed by atoms with Gasteiger partial charge in [-0.15, -0.1) is 0 Å². The first-order valence-corrected chi connectivity index (χ1v) is 8.22. The molecule has 3 aromatic rings. The molecule has 1 heterocycles. The first-order chi connectivity index (χ1) is 12.0. The summed E-state index contributed by atoms with van der Waals surface area (Å²) in [6.07, 6.45) is 0. The Kier molecular flexibility index (Phi) is 5.05. The maximum absolute atomic E-state index is 6.16. The molecule has 0 fully saturated rings. The lowest BCUT2D eigenvalue weighted by molar-refractivity contribution is 0.415. The van der Waals surface area contributed by atoms with E-state index >= 15 is 0 Å². The number of para-hydroxylation sites is 1. The van der Waals surface area contributed by atoms with Crippen molar-refractivity contribution in [3.63, 3.8) is 0 Å². The molecule has 0 aliphatic rings. The lowest BCUT2D eigenvalue weighted by Gasteiger charge is -2.12. The van der Waals surface area contributed by atoms with E-state index < -0.39 is 0 Å². The average Bonchev–Trinajstić information content (AvgIpc) is 2.57. The van der Waals surface area contributed by atoms with Crippen LogP contribution in [0.15, 0.2) is 48.5 Å². The number of nitrogens with zero attached hydrogens (tertiary/aromatic N) is 2. The van der Waals surface area contributed by atoms with Gasteiger partial charge in [0.05, 0.1) is 12.1 Å². The van der Waals surface area contributed by atoms with Gasteiger partial charge in [-0.3, -0.25) is 0 Å². The molecule has 5 nitrogen and oxygen atoms in total. The smallest absolute Gasteiger partial charge is 0.229 e. The average molecular weight is 355 g/mol. The zero-order valence-corrected chi connectivity index (χ0v) is 15.1. The van der Waals surface area contributed by atoms with Crippen LogP contribution in [0.4, 0.5) is 23.1 Å². The summed E-state index contributed by atoms with van der Waals surface area (Å²) in [4.78, 5) is 8.96. The van der Waals surface area contributed by atoms with Crippen molar-refractivity contribution in [2.75, 3.05) is 17.7 Å².